The zero-order valence-electron chi connectivity index (χ0n) is 24.0. The van der Waals surface area contributed by atoms with Crippen LogP contribution in [0.2, 0.25) is 0 Å². The van der Waals surface area contributed by atoms with Gasteiger partial charge in [-0.15, -0.1) is 0 Å². The van der Waals surface area contributed by atoms with Gasteiger partial charge in [-0.05, 0) is 19.8 Å². The molecule has 0 heterocycles. The van der Waals surface area contributed by atoms with Crippen LogP contribution in [-0.4, -0.2) is 77.3 Å². The maximum Gasteiger partial charge on any atom is 0.407 e. The van der Waals surface area contributed by atoms with Crippen molar-refractivity contribution in [2.45, 2.75) is 122 Å². The molecule has 0 fully saturated rings. The summed E-state index contributed by atoms with van der Waals surface area (Å²) in [4.78, 5) is 11.9. The van der Waals surface area contributed by atoms with E-state index in [9.17, 15) is 4.79 Å². The first-order chi connectivity index (χ1) is 16.3. The van der Waals surface area contributed by atoms with E-state index in [2.05, 4.69) is 33.4 Å². The van der Waals surface area contributed by atoms with Crippen molar-refractivity contribution in [3.8, 4) is 0 Å². The van der Waals surface area contributed by atoms with Crippen LogP contribution in [0.1, 0.15) is 110 Å². The van der Waals surface area contributed by atoms with Crippen LogP contribution in [0.5, 0.6) is 0 Å². The minimum Gasteiger partial charge on any atom is -1.00 e. The molecule has 0 saturated carbocycles. The molecule has 0 spiro atoms. The number of hydrogen-bond acceptors (Lipinski definition) is 4. The topological polar surface area (TPSA) is 56.8 Å². The van der Waals surface area contributed by atoms with E-state index in [-0.39, 0.29) is 42.3 Å². The molecule has 7 heteroatoms. The van der Waals surface area contributed by atoms with Gasteiger partial charge in [-0.25, -0.2) is 4.79 Å². The van der Waals surface area contributed by atoms with E-state index < -0.39 is 0 Å². The molecule has 0 bridgehead atoms. The quantitative estimate of drug-likeness (QED) is 0.102. The second kappa shape index (κ2) is 25.5. The summed E-state index contributed by atoms with van der Waals surface area (Å²) in [5, 5.41) is 2.82. The molecule has 0 rings (SSSR count). The Kier molecular flexibility index (Phi) is 27.0. The molecule has 0 aromatic carbocycles. The maximum absolute atomic E-state index is 11.9. The number of quaternary nitrogens is 1. The van der Waals surface area contributed by atoms with Gasteiger partial charge < -0.3 is 48.0 Å². The van der Waals surface area contributed by atoms with Gasteiger partial charge in [0.05, 0.1) is 33.4 Å². The molecule has 0 aliphatic heterocycles. The minimum absolute atomic E-state index is 0. The number of halogens is 1. The molecule has 6 nitrogen and oxygen atoms in total. The lowest BCUT2D eigenvalue weighted by Crippen LogP contribution is -3.00. The Hall–Kier alpha value is -0.120. The van der Waals surface area contributed by atoms with Crippen molar-refractivity contribution in [2.24, 2.45) is 0 Å². The summed E-state index contributed by atoms with van der Waals surface area (Å²) in [7, 11) is 7.97. The van der Waals surface area contributed by atoms with Gasteiger partial charge in [-0.2, -0.15) is 0 Å². The standard InChI is InChI=1S/C28H58N2O4.HI/c1-7-8-9-10-11-12-13-14-15-16-17-18-19-20-27(21-23-32-6)34-26(2)25-29-28(31)33-24-22-30(3,4)5;/h26-27H,7-25H2,1-6H3;1H. The number of nitrogens with zero attached hydrogens (tertiary/aromatic N) is 1. The van der Waals surface area contributed by atoms with Crippen molar-refractivity contribution in [3.05, 3.63) is 0 Å². The molecule has 0 aliphatic rings. The summed E-state index contributed by atoms with van der Waals surface area (Å²) >= 11 is 0. The van der Waals surface area contributed by atoms with Crippen LogP contribution in [0, 0.1) is 0 Å². The summed E-state index contributed by atoms with van der Waals surface area (Å²) in [6.07, 6.45) is 19.5. The van der Waals surface area contributed by atoms with Gasteiger partial charge in [0.2, 0.25) is 0 Å². The number of ether oxygens (including phenoxy) is 3. The number of carbonyl (C=O) groups excluding carboxylic acids is 1. The molecule has 212 valence electrons. The summed E-state index contributed by atoms with van der Waals surface area (Å²) in [6.45, 7) is 6.66. The summed E-state index contributed by atoms with van der Waals surface area (Å²) in [6, 6.07) is 0. The summed E-state index contributed by atoms with van der Waals surface area (Å²) in [5.74, 6) is 0. The largest absolute Gasteiger partial charge is 1.00 e. The van der Waals surface area contributed by atoms with E-state index >= 15 is 0 Å². The predicted octanol–water partition coefficient (Wildman–Crippen LogP) is 3.71. The number of alkyl carbamates (subject to hydrolysis) is 1. The van der Waals surface area contributed by atoms with Crippen molar-refractivity contribution in [1.82, 2.24) is 5.32 Å². The zero-order chi connectivity index (χ0) is 25.5. The van der Waals surface area contributed by atoms with E-state index in [1.165, 1.54) is 83.5 Å². The number of amides is 1. The fraction of sp³-hybridized carbons (Fsp3) is 0.964. The number of nitrogens with one attached hydrogen (secondary N) is 1. The van der Waals surface area contributed by atoms with E-state index in [0.29, 0.717) is 19.8 Å². The smallest absolute Gasteiger partial charge is 0.407 e. The number of likely N-dealkylation sites (N-methyl/N-ethyl adjacent to an activating group) is 1. The summed E-state index contributed by atoms with van der Waals surface area (Å²) < 4.78 is 17.5. The fourth-order valence-electron chi connectivity index (χ4n) is 3.99. The Morgan fingerprint density at radius 2 is 1.31 bits per heavy atom. The second-order valence-corrected chi connectivity index (χ2v) is 10.9. The van der Waals surface area contributed by atoms with Gasteiger partial charge in [0, 0.05) is 20.3 Å². The van der Waals surface area contributed by atoms with Gasteiger partial charge >= 0.3 is 6.09 Å². The monoisotopic (exact) mass is 614 g/mol. The lowest BCUT2D eigenvalue weighted by molar-refractivity contribution is -0.870. The predicted molar refractivity (Wildman–Crippen MR) is 143 cm³/mol. The molecule has 35 heavy (non-hydrogen) atoms. The number of methoxy groups -OCH3 is 1. The van der Waals surface area contributed by atoms with Gasteiger partial charge in [-0.1, -0.05) is 90.4 Å². The van der Waals surface area contributed by atoms with Gasteiger partial charge in [-0.3, -0.25) is 0 Å². The Balaban J connectivity index is 0. The van der Waals surface area contributed by atoms with Gasteiger partial charge in [0.1, 0.15) is 13.2 Å². The third-order valence-corrected chi connectivity index (χ3v) is 6.23. The molecular formula is C28H59IN2O4. The number of carbonyl (C=O) groups is 1. The second-order valence-electron chi connectivity index (χ2n) is 10.9. The van der Waals surface area contributed by atoms with Crippen molar-refractivity contribution >= 4 is 6.09 Å². The average Bonchev–Trinajstić information content (AvgIpc) is 2.78. The minimum atomic E-state index is -0.367. The van der Waals surface area contributed by atoms with E-state index in [4.69, 9.17) is 14.2 Å². The number of unbranched alkanes of at least 4 members (excludes halogenated alkanes) is 12. The molecule has 0 aromatic heterocycles. The third kappa shape index (κ3) is 28.3. The maximum atomic E-state index is 11.9. The van der Waals surface area contributed by atoms with Crippen LogP contribution >= 0.6 is 0 Å². The van der Waals surface area contributed by atoms with Crippen LogP contribution in [-0.2, 0) is 14.2 Å². The highest BCUT2D eigenvalue weighted by molar-refractivity contribution is 5.67. The zero-order valence-corrected chi connectivity index (χ0v) is 26.2. The first kappa shape index (κ1) is 37.0. The lowest BCUT2D eigenvalue weighted by atomic mass is 10.0. The number of hydrogen-bond donors (Lipinski definition) is 1. The molecule has 1 amide bonds. The van der Waals surface area contributed by atoms with Gasteiger partial charge in [0.25, 0.3) is 0 Å². The molecule has 0 aromatic rings. The van der Waals surface area contributed by atoms with E-state index in [0.717, 1.165) is 23.9 Å². The van der Waals surface area contributed by atoms with Crippen LogP contribution < -0.4 is 29.3 Å². The Labute approximate surface area is 235 Å². The van der Waals surface area contributed by atoms with E-state index in [1.54, 1.807) is 7.11 Å². The number of rotatable bonds is 24. The van der Waals surface area contributed by atoms with Crippen LogP contribution in [0.15, 0.2) is 0 Å². The molecule has 0 radical (unpaired) electrons. The first-order valence-electron chi connectivity index (χ1n) is 14.1. The van der Waals surface area contributed by atoms with Crippen LogP contribution in [0.25, 0.3) is 0 Å². The molecule has 2 unspecified atom stereocenters. The normalized spacial score (nSPS) is 13.2. The lowest BCUT2D eigenvalue weighted by Gasteiger charge is -2.24. The molecule has 2 atom stereocenters. The van der Waals surface area contributed by atoms with Crippen molar-refractivity contribution in [1.29, 1.82) is 0 Å². The highest BCUT2D eigenvalue weighted by Gasteiger charge is 2.15. The highest BCUT2D eigenvalue weighted by atomic mass is 127. The fourth-order valence-corrected chi connectivity index (χ4v) is 3.99. The summed E-state index contributed by atoms with van der Waals surface area (Å²) in [5.41, 5.74) is 0. The molecular weight excluding hydrogens is 555 g/mol. The Morgan fingerprint density at radius 1 is 0.800 bits per heavy atom. The van der Waals surface area contributed by atoms with Crippen LogP contribution in [0.3, 0.4) is 0 Å². The molecule has 1 N–H and O–H groups in total. The highest BCUT2D eigenvalue weighted by Crippen LogP contribution is 2.16. The third-order valence-electron chi connectivity index (χ3n) is 6.23. The van der Waals surface area contributed by atoms with Crippen molar-refractivity contribution < 1.29 is 47.5 Å². The van der Waals surface area contributed by atoms with E-state index in [1.807, 2.05) is 6.92 Å². The Morgan fingerprint density at radius 3 is 1.80 bits per heavy atom. The van der Waals surface area contributed by atoms with Crippen LogP contribution in [0.4, 0.5) is 4.79 Å². The SMILES string of the molecule is CCCCCCCCCCCCCCCC(CCOC)OC(C)CNC(=O)OCC[N+](C)(C)C.[I-]. The first-order valence-corrected chi connectivity index (χ1v) is 14.1. The van der Waals surface area contributed by atoms with Gasteiger partial charge in [0.15, 0.2) is 0 Å². The average molecular weight is 615 g/mol. The molecule has 0 saturated heterocycles. The Bertz CT molecular complexity index is 461. The molecule has 0 aliphatic carbocycles. The van der Waals surface area contributed by atoms with Crippen molar-refractivity contribution in [2.75, 3.05) is 54.6 Å². The van der Waals surface area contributed by atoms with Crippen molar-refractivity contribution in [3.63, 3.8) is 0 Å².